The van der Waals surface area contributed by atoms with Crippen LogP contribution < -0.4 is 11.3 Å². The third kappa shape index (κ3) is 4.33. The maximum Gasteiger partial charge on any atom is 0.261 e. The van der Waals surface area contributed by atoms with Gasteiger partial charge in [-0.2, -0.15) is 0 Å². The molecule has 2 atom stereocenters. The minimum atomic E-state index is -0.109. The summed E-state index contributed by atoms with van der Waals surface area (Å²) >= 11 is 0. The van der Waals surface area contributed by atoms with E-state index in [9.17, 15) is 9.59 Å². The fourth-order valence-electron chi connectivity index (χ4n) is 4.03. The molecule has 1 aromatic heterocycles. The highest BCUT2D eigenvalue weighted by Gasteiger charge is 2.34. The molecule has 1 aliphatic heterocycles. The third-order valence-electron chi connectivity index (χ3n) is 5.62. The number of halogens is 1. The summed E-state index contributed by atoms with van der Waals surface area (Å²) in [6.45, 7) is 2.22. The number of carbonyl (C=O) groups excluding carboxylic acids is 1. The summed E-state index contributed by atoms with van der Waals surface area (Å²) < 4.78 is 1.52. The molecule has 0 saturated carbocycles. The van der Waals surface area contributed by atoms with Crippen LogP contribution in [0.3, 0.4) is 0 Å². The lowest BCUT2D eigenvalue weighted by atomic mass is 9.89. The van der Waals surface area contributed by atoms with E-state index in [0.29, 0.717) is 37.1 Å². The fraction of sp³-hybridized carbons (Fsp3) is 0.318. The number of likely N-dealkylation sites (tertiary alicyclic amines) is 1. The van der Waals surface area contributed by atoms with Crippen molar-refractivity contribution in [3.63, 3.8) is 0 Å². The number of benzene rings is 2. The number of para-hydroxylation sites is 1. The predicted octanol–water partition coefficient (Wildman–Crippen LogP) is 2.41. The monoisotopic (exact) mass is 412 g/mol. The molecule has 0 spiro atoms. The molecule has 2 heterocycles. The molecule has 1 saturated heterocycles. The topological polar surface area (TPSA) is 81.2 Å². The molecule has 29 heavy (non-hydrogen) atoms. The van der Waals surface area contributed by atoms with Crippen molar-refractivity contribution in [2.75, 3.05) is 19.6 Å². The van der Waals surface area contributed by atoms with E-state index in [2.05, 4.69) is 17.1 Å². The Morgan fingerprint density at radius 1 is 1.07 bits per heavy atom. The number of carbonyl (C=O) groups is 1. The Hall–Kier alpha value is -2.70. The van der Waals surface area contributed by atoms with Crippen LogP contribution in [0.2, 0.25) is 0 Å². The van der Waals surface area contributed by atoms with Gasteiger partial charge < -0.3 is 10.6 Å². The van der Waals surface area contributed by atoms with Gasteiger partial charge >= 0.3 is 0 Å². The van der Waals surface area contributed by atoms with Crippen molar-refractivity contribution in [3.8, 4) is 0 Å². The zero-order valence-electron chi connectivity index (χ0n) is 16.1. The largest absolute Gasteiger partial charge is 0.342 e. The van der Waals surface area contributed by atoms with Crippen molar-refractivity contribution in [1.82, 2.24) is 14.5 Å². The number of aryl methyl sites for hydroxylation is 1. The molecule has 0 bridgehead atoms. The van der Waals surface area contributed by atoms with Crippen LogP contribution in [-0.4, -0.2) is 40.0 Å². The first kappa shape index (κ1) is 21.0. The highest BCUT2D eigenvalue weighted by atomic mass is 35.5. The van der Waals surface area contributed by atoms with E-state index in [1.165, 1.54) is 16.5 Å². The number of nitrogens with zero attached hydrogens (tertiary/aromatic N) is 3. The van der Waals surface area contributed by atoms with Gasteiger partial charge in [-0.15, -0.1) is 12.4 Å². The summed E-state index contributed by atoms with van der Waals surface area (Å²) in [5, 5.41) is 0.575. The van der Waals surface area contributed by atoms with Gasteiger partial charge in [0.1, 0.15) is 0 Å². The molecule has 2 aromatic carbocycles. The van der Waals surface area contributed by atoms with Crippen LogP contribution in [0.15, 0.2) is 65.7 Å². The number of rotatable bonds is 5. The zero-order chi connectivity index (χ0) is 19.5. The van der Waals surface area contributed by atoms with Crippen molar-refractivity contribution < 1.29 is 4.79 Å². The van der Waals surface area contributed by atoms with Crippen LogP contribution in [0.5, 0.6) is 0 Å². The van der Waals surface area contributed by atoms with E-state index in [4.69, 9.17) is 5.73 Å². The zero-order valence-corrected chi connectivity index (χ0v) is 16.9. The lowest BCUT2D eigenvalue weighted by Crippen LogP contribution is -2.31. The van der Waals surface area contributed by atoms with E-state index in [0.717, 1.165) is 0 Å². The predicted molar refractivity (Wildman–Crippen MR) is 116 cm³/mol. The molecule has 1 amide bonds. The van der Waals surface area contributed by atoms with Gasteiger partial charge in [0.2, 0.25) is 5.91 Å². The normalized spacial score (nSPS) is 18.6. The van der Waals surface area contributed by atoms with Gasteiger partial charge in [0.05, 0.1) is 17.2 Å². The first-order chi connectivity index (χ1) is 13.7. The van der Waals surface area contributed by atoms with Crippen LogP contribution in [-0.2, 0) is 11.3 Å². The Labute approximate surface area is 175 Å². The van der Waals surface area contributed by atoms with Crippen molar-refractivity contribution in [2.45, 2.75) is 18.9 Å². The SMILES string of the molecule is Cl.NC[C@@H]1CN(C(=O)CCn2cnc3ccccc3c2=O)C[C@H]1c1ccccc1. The lowest BCUT2D eigenvalue weighted by molar-refractivity contribution is -0.130. The van der Waals surface area contributed by atoms with E-state index in [-0.39, 0.29) is 42.1 Å². The molecule has 3 aromatic rings. The minimum absolute atomic E-state index is 0. The summed E-state index contributed by atoms with van der Waals surface area (Å²) in [6.07, 6.45) is 1.80. The van der Waals surface area contributed by atoms with Gasteiger partial charge in [-0.25, -0.2) is 4.98 Å². The minimum Gasteiger partial charge on any atom is -0.342 e. The molecule has 1 fully saturated rings. The van der Waals surface area contributed by atoms with E-state index < -0.39 is 0 Å². The molecule has 1 aliphatic rings. The van der Waals surface area contributed by atoms with Gasteiger partial charge in [-0.1, -0.05) is 42.5 Å². The van der Waals surface area contributed by atoms with Crippen molar-refractivity contribution in [1.29, 1.82) is 0 Å². The quantitative estimate of drug-likeness (QED) is 0.697. The van der Waals surface area contributed by atoms with E-state index in [1.54, 1.807) is 6.07 Å². The summed E-state index contributed by atoms with van der Waals surface area (Å²) in [4.78, 5) is 31.6. The number of fused-ring (bicyclic) bond motifs is 1. The first-order valence-electron chi connectivity index (χ1n) is 9.64. The maximum absolute atomic E-state index is 12.8. The average Bonchev–Trinajstić information content (AvgIpc) is 3.18. The van der Waals surface area contributed by atoms with Crippen LogP contribution in [0, 0.1) is 5.92 Å². The summed E-state index contributed by atoms with van der Waals surface area (Å²) in [6, 6.07) is 17.5. The third-order valence-corrected chi connectivity index (χ3v) is 5.62. The highest BCUT2D eigenvalue weighted by Crippen LogP contribution is 2.32. The molecule has 0 radical (unpaired) electrons. The number of nitrogens with two attached hydrogens (primary N) is 1. The number of hydrogen-bond acceptors (Lipinski definition) is 4. The Morgan fingerprint density at radius 2 is 1.79 bits per heavy atom. The van der Waals surface area contributed by atoms with Crippen LogP contribution in [0.25, 0.3) is 10.9 Å². The smallest absolute Gasteiger partial charge is 0.261 e. The molecule has 4 rings (SSSR count). The maximum atomic E-state index is 12.8. The van der Waals surface area contributed by atoms with Gasteiger partial charge in [-0.3, -0.25) is 14.2 Å². The van der Waals surface area contributed by atoms with Crippen molar-refractivity contribution in [2.24, 2.45) is 11.7 Å². The Morgan fingerprint density at radius 3 is 2.55 bits per heavy atom. The molecule has 6 nitrogen and oxygen atoms in total. The Balaban J connectivity index is 0.00000240. The van der Waals surface area contributed by atoms with Crippen LogP contribution in [0.1, 0.15) is 17.9 Å². The van der Waals surface area contributed by atoms with Crippen molar-refractivity contribution in [3.05, 3.63) is 76.8 Å². The lowest BCUT2D eigenvalue weighted by Gasteiger charge is -2.17. The summed E-state index contributed by atoms with van der Waals surface area (Å²) in [7, 11) is 0. The second kappa shape index (κ2) is 9.20. The summed E-state index contributed by atoms with van der Waals surface area (Å²) in [5.41, 5.74) is 7.76. The van der Waals surface area contributed by atoms with Gasteiger partial charge in [0, 0.05) is 32.0 Å². The number of aromatic nitrogens is 2. The van der Waals surface area contributed by atoms with E-state index >= 15 is 0 Å². The fourth-order valence-corrected chi connectivity index (χ4v) is 4.03. The molecular formula is C22H25ClN4O2. The van der Waals surface area contributed by atoms with Crippen LogP contribution in [0.4, 0.5) is 0 Å². The van der Waals surface area contributed by atoms with Gasteiger partial charge in [0.25, 0.3) is 5.56 Å². The van der Waals surface area contributed by atoms with Crippen molar-refractivity contribution >= 4 is 29.2 Å². The highest BCUT2D eigenvalue weighted by molar-refractivity contribution is 5.85. The second-order valence-electron chi connectivity index (χ2n) is 7.32. The number of hydrogen-bond donors (Lipinski definition) is 1. The summed E-state index contributed by atoms with van der Waals surface area (Å²) in [5.74, 6) is 0.577. The second-order valence-corrected chi connectivity index (χ2v) is 7.32. The molecular weight excluding hydrogens is 388 g/mol. The Kier molecular flexibility index (Phi) is 6.67. The van der Waals surface area contributed by atoms with E-state index in [1.807, 2.05) is 41.3 Å². The standard InChI is InChI=1S/C22H24N4O2.ClH/c23-12-17-13-26(14-19(17)16-6-2-1-3-7-16)21(27)10-11-25-15-24-20-9-5-4-8-18(20)22(25)28;/h1-9,15,17,19H,10-14,23H2;1H/t17-,19+;/m1./s1. The Bertz CT molecular complexity index is 1040. The molecule has 152 valence electrons. The number of amides is 1. The molecule has 0 aliphatic carbocycles. The van der Waals surface area contributed by atoms with Gasteiger partial charge in [-0.05, 0) is 30.2 Å². The molecule has 7 heteroatoms. The van der Waals surface area contributed by atoms with Crippen LogP contribution >= 0.6 is 12.4 Å². The van der Waals surface area contributed by atoms with Gasteiger partial charge in [0.15, 0.2) is 0 Å². The average molecular weight is 413 g/mol. The molecule has 0 unspecified atom stereocenters. The first-order valence-corrected chi connectivity index (χ1v) is 9.64. The molecule has 2 N–H and O–H groups in total.